The number of carbonyl (C=O) groups excluding carboxylic acids is 1. The highest BCUT2D eigenvalue weighted by Gasteiger charge is 2.22. The Morgan fingerprint density at radius 2 is 2.30 bits per heavy atom. The van der Waals surface area contributed by atoms with Crippen molar-refractivity contribution in [3.63, 3.8) is 0 Å². The van der Waals surface area contributed by atoms with Crippen LogP contribution in [0.15, 0.2) is 12.5 Å². The minimum atomic E-state index is -1.07. The lowest BCUT2D eigenvalue weighted by atomic mass is 10.1. The van der Waals surface area contributed by atoms with Crippen molar-refractivity contribution in [2.45, 2.75) is 18.9 Å². The molecule has 4 N–H and O–H groups in total. The van der Waals surface area contributed by atoms with Gasteiger partial charge in [-0.1, -0.05) is 0 Å². The molecule has 0 bridgehead atoms. The zero-order chi connectivity index (χ0) is 15.0. The maximum atomic E-state index is 11.9. The largest absolute Gasteiger partial charge is 0.480 e. The van der Waals surface area contributed by atoms with E-state index in [4.69, 9.17) is 5.11 Å². The third-order valence-electron chi connectivity index (χ3n) is 2.84. The summed E-state index contributed by atoms with van der Waals surface area (Å²) in [6, 6.07) is -1.37. The van der Waals surface area contributed by atoms with Crippen LogP contribution in [0.25, 0.3) is 0 Å². The van der Waals surface area contributed by atoms with Crippen molar-refractivity contribution in [3.05, 3.63) is 18.2 Å². The quantitative estimate of drug-likeness (QED) is 0.488. The number of imidazole rings is 1. The van der Waals surface area contributed by atoms with E-state index in [0.717, 1.165) is 13.0 Å². The SMILES string of the molecule is CNCCCN(C)C(=O)N[C@@H](Cc1cnc[nH]1)C(=O)O. The smallest absolute Gasteiger partial charge is 0.326 e. The maximum absolute atomic E-state index is 11.9. The molecule has 0 aliphatic rings. The van der Waals surface area contributed by atoms with E-state index < -0.39 is 18.0 Å². The minimum absolute atomic E-state index is 0.172. The number of carboxylic acid groups (broad SMARTS) is 1. The van der Waals surface area contributed by atoms with Crippen LogP contribution in [-0.2, 0) is 11.2 Å². The Kier molecular flexibility index (Phi) is 6.51. The van der Waals surface area contributed by atoms with Crippen molar-refractivity contribution in [2.24, 2.45) is 0 Å². The topological polar surface area (TPSA) is 110 Å². The first kappa shape index (κ1) is 16.0. The van der Waals surface area contributed by atoms with Crippen molar-refractivity contribution in [1.82, 2.24) is 25.5 Å². The highest BCUT2D eigenvalue weighted by Crippen LogP contribution is 2.00. The number of nitrogens with one attached hydrogen (secondary N) is 3. The molecule has 0 unspecified atom stereocenters. The van der Waals surface area contributed by atoms with Crippen LogP contribution >= 0.6 is 0 Å². The van der Waals surface area contributed by atoms with Gasteiger partial charge in [0, 0.05) is 31.9 Å². The van der Waals surface area contributed by atoms with Crippen LogP contribution in [0, 0.1) is 0 Å². The number of aromatic nitrogens is 2. The molecule has 0 aliphatic carbocycles. The summed E-state index contributed by atoms with van der Waals surface area (Å²) in [5.41, 5.74) is 0.663. The van der Waals surface area contributed by atoms with Gasteiger partial charge in [0.1, 0.15) is 6.04 Å². The van der Waals surface area contributed by atoms with Crippen LogP contribution in [0.5, 0.6) is 0 Å². The Labute approximate surface area is 117 Å². The van der Waals surface area contributed by atoms with Gasteiger partial charge in [-0.3, -0.25) is 0 Å². The van der Waals surface area contributed by atoms with Gasteiger partial charge in [0.2, 0.25) is 0 Å². The number of aliphatic carboxylic acids is 1. The Morgan fingerprint density at radius 3 is 2.85 bits per heavy atom. The second-order valence-electron chi connectivity index (χ2n) is 4.50. The molecule has 1 aromatic rings. The third-order valence-corrected chi connectivity index (χ3v) is 2.84. The Morgan fingerprint density at radius 1 is 1.55 bits per heavy atom. The summed E-state index contributed by atoms with van der Waals surface area (Å²) >= 11 is 0. The zero-order valence-corrected chi connectivity index (χ0v) is 11.7. The molecule has 0 spiro atoms. The molecule has 2 amide bonds. The van der Waals surface area contributed by atoms with Crippen LogP contribution in [0.4, 0.5) is 4.79 Å². The Balaban J connectivity index is 2.48. The van der Waals surface area contributed by atoms with Gasteiger partial charge in [0.05, 0.1) is 6.33 Å². The number of amides is 2. The standard InChI is InChI=1S/C12H21N5O3/c1-13-4-3-5-17(2)12(20)16-10(11(18)19)6-9-7-14-8-15-9/h7-8,10,13H,3-6H2,1-2H3,(H,14,15)(H,16,20)(H,18,19)/t10-/m0/s1. The molecule has 8 nitrogen and oxygen atoms in total. The molecular weight excluding hydrogens is 262 g/mol. The first-order valence-electron chi connectivity index (χ1n) is 6.41. The van der Waals surface area contributed by atoms with Crippen molar-refractivity contribution in [1.29, 1.82) is 0 Å². The van der Waals surface area contributed by atoms with E-state index in [1.807, 2.05) is 7.05 Å². The number of carboxylic acids is 1. The van der Waals surface area contributed by atoms with Crippen molar-refractivity contribution in [2.75, 3.05) is 27.2 Å². The number of hydrogen-bond donors (Lipinski definition) is 4. The molecule has 20 heavy (non-hydrogen) atoms. The number of carbonyl (C=O) groups is 2. The van der Waals surface area contributed by atoms with Gasteiger partial charge in [0.25, 0.3) is 0 Å². The molecule has 112 valence electrons. The van der Waals surface area contributed by atoms with E-state index >= 15 is 0 Å². The van der Waals surface area contributed by atoms with E-state index in [1.54, 1.807) is 13.2 Å². The average Bonchev–Trinajstić information content (AvgIpc) is 2.90. The fraction of sp³-hybridized carbons (Fsp3) is 0.583. The molecule has 1 aromatic heterocycles. The molecule has 1 heterocycles. The first-order valence-corrected chi connectivity index (χ1v) is 6.41. The zero-order valence-electron chi connectivity index (χ0n) is 11.7. The summed E-state index contributed by atoms with van der Waals surface area (Å²) in [7, 11) is 3.48. The van der Waals surface area contributed by atoms with Crippen LogP contribution in [0.3, 0.4) is 0 Å². The van der Waals surface area contributed by atoms with E-state index in [0.29, 0.717) is 12.2 Å². The predicted molar refractivity (Wildman–Crippen MR) is 73.4 cm³/mol. The fourth-order valence-electron chi connectivity index (χ4n) is 1.67. The number of aromatic amines is 1. The Bertz CT molecular complexity index is 421. The monoisotopic (exact) mass is 283 g/mol. The van der Waals surface area contributed by atoms with Gasteiger partial charge < -0.3 is 25.6 Å². The summed E-state index contributed by atoms with van der Waals surface area (Å²) in [5, 5.41) is 14.6. The third kappa shape index (κ3) is 5.27. The molecule has 0 radical (unpaired) electrons. The van der Waals surface area contributed by atoms with Crippen LogP contribution in [-0.4, -0.2) is 65.2 Å². The van der Waals surface area contributed by atoms with E-state index in [-0.39, 0.29) is 6.42 Å². The number of H-pyrrole nitrogens is 1. The highest BCUT2D eigenvalue weighted by atomic mass is 16.4. The molecular formula is C12H21N5O3. The highest BCUT2D eigenvalue weighted by molar-refractivity contribution is 5.82. The van der Waals surface area contributed by atoms with Gasteiger partial charge in [-0.15, -0.1) is 0 Å². The number of nitrogens with zero attached hydrogens (tertiary/aromatic N) is 2. The average molecular weight is 283 g/mol. The first-order chi connectivity index (χ1) is 9.54. The second-order valence-corrected chi connectivity index (χ2v) is 4.50. The van der Waals surface area contributed by atoms with Crippen molar-refractivity contribution >= 4 is 12.0 Å². The number of hydrogen-bond acceptors (Lipinski definition) is 4. The molecule has 0 saturated heterocycles. The molecule has 1 atom stereocenters. The lowest BCUT2D eigenvalue weighted by Gasteiger charge is -2.21. The molecule has 0 saturated carbocycles. The molecule has 1 rings (SSSR count). The lowest BCUT2D eigenvalue weighted by molar-refractivity contribution is -0.139. The second kappa shape index (κ2) is 8.16. The van der Waals surface area contributed by atoms with Gasteiger partial charge in [-0.2, -0.15) is 0 Å². The van der Waals surface area contributed by atoms with Gasteiger partial charge in [-0.05, 0) is 20.0 Å². The normalized spacial score (nSPS) is 11.9. The summed E-state index contributed by atoms with van der Waals surface area (Å²) in [4.78, 5) is 31.2. The molecule has 0 aromatic carbocycles. The molecule has 0 fully saturated rings. The fourth-order valence-corrected chi connectivity index (χ4v) is 1.67. The predicted octanol–water partition coefficient (Wildman–Crippen LogP) is -0.344. The van der Waals surface area contributed by atoms with Crippen molar-refractivity contribution < 1.29 is 14.7 Å². The summed E-state index contributed by atoms with van der Waals surface area (Å²) < 4.78 is 0. The molecule has 0 aliphatic heterocycles. The van der Waals surface area contributed by atoms with Gasteiger partial charge >= 0.3 is 12.0 Å². The summed E-state index contributed by atoms with van der Waals surface area (Å²) in [5.74, 6) is -1.07. The van der Waals surface area contributed by atoms with E-state index in [1.165, 1.54) is 11.2 Å². The van der Waals surface area contributed by atoms with Crippen LogP contribution < -0.4 is 10.6 Å². The minimum Gasteiger partial charge on any atom is -0.480 e. The van der Waals surface area contributed by atoms with Crippen LogP contribution in [0.2, 0.25) is 0 Å². The van der Waals surface area contributed by atoms with Crippen LogP contribution in [0.1, 0.15) is 12.1 Å². The number of rotatable bonds is 8. The van der Waals surface area contributed by atoms with E-state index in [2.05, 4.69) is 20.6 Å². The van der Waals surface area contributed by atoms with Gasteiger partial charge in [-0.25, -0.2) is 14.6 Å². The summed E-state index contributed by atoms with van der Waals surface area (Å²) in [6.45, 7) is 1.36. The molecule has 8 heteroatoms. The number of urea groups is 1. The van der Waals surface area contributed by atoms with E-state index in [9.17, 15) is 9.59 Å². The van der Waals surface area contributed by atoms with Crippen molar-refractivity contribution in [3.8, 4) is 0 Å². The lowest BCUT2D eigenvalue weighted by Crippen LogP contribution is -2.48. The summed E-state index contributed by atoms with van der Waals surface area (Å²) in [6.07, 6.45) is 3.99. The van der Waals surface area contributed by atoms with Gasteiger partial charge in [0.15, 0.2) is 0 Å². The maximum Gasteiger partial charge on any atom is 0.326 e. The Hall–Kier alpha value is -2.09.